The van der Waals surface area contributed by atoms with E-state index in [1.807, 2.05) is 43.3 Å². The number of β-amino-alcohol motifs (C(OH)–C–C–N with tert-alkyl or cyclic N) is 1. The molecule has 0 aliphatic carbocycles. The molecule has 0 saturated carbocycles. The summed E-state index contributed by atoms with van der Waals surface area (Å²) in [4.78, 5) is 15.1. The highest BCUT2D eigenvalue weighted by molar-refractivity contribution is 7.18. The van der Waals surface area contributed by atoms with E-state index in [0.717, 1.165) is 58.4 Å². The van der Waals surface area contributed by atoms with E-state index >= 15 is 0 Å². The highest BCUT2D eigenvalue weighted by atomic mass is 32.1. The zero-order valence-electron chi connectivity index (χ0n) is 19.7. The van der Waals surface area contributed by atoms with Crippen molar-refractivity contribution in [3.8, 4) is 5.75 Å². The normalized spacial score (nSPS) is 22.5. The molecule has 2 aromatic carbocycles. The zero-order valence-corrected chi connectivity index (χ0v) is 20.5. The van der Waals surface area contributed by atoms with Crippen molar-refractivity contribution in [1.29, 1.82) is 0 Å². The van der Waals surface area contributed by atoms with Gasteiger partial charge >= 0.3 is 0 Å². The van der Waals surface area contributed by atoms with Crippen LogP contribution < -0.4 is 10.2 Å². The average molecular weight is 481 g/mol. The second-order valence-electron chi connectivity index (χ2n) is 9.14. The Hall–Kier alpha value is -2.49. The van der Waals surface area contributed by atoms with Crippen LogP contribution in [0, 0.1) is 6.92 Å². The van der Waals surface area contributed by atoms with Gasteiger partial charge in [-0.25, -0.2) is 4.98 Å². The number of nitrogens with one attached hydrogen (secondary N) is 1. The third-order valence-electron chi connectivity index (χ3n) is 6.40. The van der Waals surface area contributed by atoms with E-state index in [1.54, 1.807) is 11.3 Å². The maximum atomic E-state index is 10.6. The molecule has 1 saturated heterocycles. The van der Waals surface area contributed by atoms with Gasteiger partial charge in [-0.1, -0.05) is 30.3 Å². The Morgan fingerprint density at radius 2 is 2.09 bits per heavy atom. The van der Waals surface area contributed by atoms with E-state index in [4.69, 9.17) is 9.57 Å². The van der Waals surface area contributed by atoms with E-state index in [-0.39, 0.29) is 12.7 Å². The van der Waals surface area contributed by atoms with Gasteiger partial charge in [0.2, 0.25) is 0 Å². The molecule has 3 aromatic rings. The quantitative estimate of drug-likeness (QED) is 0.513. The number of hydroxylamine groups is 1. The lowest BCUT2D eigenvalue weighted by atomic mass is 10.1. The molecule has 2 aliphatic heterocycles. The average Bonchev–Trinajstić information content (AvgIpc) is 3.45. The number of benzene rings is 2. The lowest BCUT2D eigenvalue weighted by Crippen LogP contribution is -2.55. The molecule has 2 N–H and O–H groups in total. The molecular formula is C26H32N4O3S. The van der Waals surface area contributed by atoms with Crippen molar-refractivity contribution < 1.29 is 14.7 Å². The number of nitrogens with zero attached hydrogens (tertiary/aromatic N) is 3. The summed E-state index contributed by atoms with van der Waals surface area (Å²) in [6.07, 6.45) is 1.66. The lowest BCUT2D eigenvalue weighted by molar-refractivity contribution is -0.00741. The fourth-order valence-electron chi connectivity index (χ4n) is 4.65. The van der Waals surface area contributed by atoms with E-state index in [9.17, 15) is 5.11 Å². The number of ether oxygens (including phenoxy) is 1. The van der Waals surface area contributed by atoms with Crippen LogP contribution >= 0.6 is 11.3 Å². The Morgan fingerprint density at radius 1 is 1.24 bits per heavy atom. The molecule has 0 spiro atoms. The standard InChI is InChI=1S/C26H32N4O3S/c1-18-14-29(16-23-13-24(28-33-23)20-6-4-3-5-7-20)10-11-30(18)15-21(31)17-32-22-8-9-26-25(12-22)27-19(2)34-26/h3-9,12-13,18,21,23,28,31H,10-11,14-17H2,1-2H3/t18-,21?,23+/m0/s1. The summed E-state index contributed by atoms with van der Waals surface area (Å²) in [5.74, 6) is 0.753. The third-order valence-corrected chi connectivity index (χ3v) is 7.35. The molecule has 5 rings (SSSR count). The summed E-state index contributed by atoms with van der Waals surface area (Å²) in [7, 11) is 0. The van der Waals surface area contributed by atoms with Gasteiger partial charge in [-0.3, -0.25) is 20.1 Å². The Bertz CT molecular complexity index is 1140. The van der Waals surface area contributed by atoms with E-state index in [1.165, 1.54) is 0 Å². The fourth-order valence-corrected chi connectivity index (χ4v) is 5.45. The van der Waals surface area contributed by atoms with Crippen LogP contribution in [-0.2, 0) is 4.84 Å². The molecule has 0 radical (unpaired) electrons. The van der Waals surface area contributed by atoms with Crippen LogP contribution in [0.5, 0.6) is 5.75 Å². The van der Waals surface area contributed by atoms with Gasteiger partial charge in [0.15, 0.2) is 0 Å². The molecule has 0 amide bonds. The molecule has 1 aromatic heterocycles. The summed E-state index contributed by atoms with van der Waals surface area (Å²) in [5, 5.41) is 11.6. The van der Waals surface area contributed by atoms with Crippen LogP contribution in [0.15, 0.2) is 54.6 Å². The van der Waals surface area contributed by atoms with Crippen molar-refractivity contribution in [2.75, 3.05) is 39.3 Å². The Kier molecular flexibility index (Phi) is 7.12. The van der Waals surface area contributed by atoms with Crippen LogP contribution in [0.1, 0.15) is 17.5 Å². The van der Waals surface area contributed by atoms with Crippen molar-refractivity contribution in [2.24, 2.45) is 0 Å². The number of aryl methyl sites for hydroxylation is 1. The second kappa shape index (κ2) is 10.4. The second-order valence-corrected chi connectivity index (χ2v) is 10.4. The van der Waals surface area contributed by atoms with Crippen LogP contribution in [0.2, 0.25) is 0 Å². The van der Waals surface area contributed by atoms with Gasteiger partial charge in [0, 0.05) is 44.8 Å². The summed E-state index contributed by atoms with van der Waals surface area (Å²) in [6, 6.07) is 16.5. The number of hydrogen-bond donors (Lipinski definition) is 2. The smallest absolute Gasteiger partial charge is 0.121 e. The van der Waals surface area contributed by atoms with Gasteiger partial charge in [-0.05, 0) is 37.6 Å². The Morgan fingerprint density at radius 3 is 2.91 bits per heavy atom. The number of thiazole rings is 1. The molecule has 180 valence electrons. The van der Waals surface area contributed by atoms with Crippen molar-refractivity contribution >= 4 is 27.3 Å². The van der Waals surface area contributed by atoms with Crippen LogP contribution in [0.3, 0.4) is 0 Å². The predicted octanol–water partition coefficient (Wildman–Crippen LogP) is 3.30. The zero-order chi connectivity index (χ0) is 23.5. The maximum Gasteiger partial charge on any atom is 0.121 e. The maximum absolute atomic E-state index is 10.6. The van der Waals surface area contributed by atoms with E-state index < -0.39 is 6.10 Å². The molecule has 1 fully saturated rings. The Balaban J connectivity index is 1.07. The van der Waals surface area contributed by atoms with Crippen LogP contribution in [-0.4, -0.2) is 77.5 Å². The van der Waals surface area contributed by atoms with E-state index in [2.05, 4.69) is 45.4 Å². The van der Waals surface area contributed by atoms with Gasteiger partial charge in [-0.2, -0.15) is 0 Å². The first kappa shape index (κ1) is 23.3. The molecule has 7 nitrogen and oxygen atoms in total. The number of aliphatic hydroxyl groups is 1. The number of fused-ring (bicyclic) bond motifs is 1. The number of aromatic nitrogens is 1. The lowest BCUT2D eigenvalue weighted by Gasteiger charge is -2.41. The molecule has 8 heteroatoms. The van der Waals surface area contributed by atoms with Gasteiger partial charge in [-0.15, -0.1) is 11.3 Å². The van der Waals surface area contributed by atoms with Crippen molar-refractivity contribution in [2.45, 2.75) is 32.1 Å². The molecule has 0 bridgehead atoms. The van der Waals surface area contributed by atoms with Crippen LogP contribution in [0.25, 0.3) is 15.9 Å². The summed E-state index contributed by atoms with van der Waals surface area (Å²) in [6.45, 7) is 8.77. The van der Waals surface area contributed by atoms with Crippen LogP contribution in [0.4, 0.5) is 0 Å². The first-order chi connectivity index (χ1) is 16.5. The molecule has 1 unspecified atom stereocenters. The number of rotatable bonds is 8. The number of aliphatic hydroxyl groups excluding tert-OH is 1. The first-order valence-corrected chi connectivity index (χ1v) is 12.7. The largest absolute Gasteiger partial charge is 0.491 e. The van der Waals surface area contributed by atoms with Gasteiger partial charge in [0.1, 0.15) is 24.6 Å². The van der Waals surface area contributed by atoms with Gasteiger partial charge in [0.05, 0.1) is 20.9 Å². The highest BCUT2D eigenvalue weighted by Gasteiger charge is 2.28. The monoisotopic (exact) mass is 480 g/mol. The molecule has 3 heterocycles. The third kappa shape index (κ3) is 5.59. The molecular weight excluding hydrogens is 448 g/mol. The van der Waals surface area contributed by atoms with Crippen molar-refractivity contribution in [3.63, 3.8) is 0 Å². The topological polar surface area (TPSA) is 70.1 Å². The van der Waals surface area contributed by atoms with Crippen molar-refractivity contribution in [3.05, 3.63) is 65.2 Å². The van der Waals surface area contributed by atoms with Crippen molar-refractivity contribution in [1.82, 2.24) is 20.3 Å². The fraction of sp³-hybridized carbons (Fsp3) is 0.423. The molecule has 34 heavy (non-hydrogen) atoms. The Labute approximate surface area is 204 Å². The summed E-state index contributed by atoms with van der Waals surface area (Å²) < 4.78 is 7.02. The minimum atomic E-state index is -0.541. The number of hydrogen-bond acceptors (Lipinski definition) is 8. The van der Waals surface area contributed by atoms with E-state index in [0.29, 0.717) is 12.6 Å². The minimum absolute atomic E-state index is 0.0341. The number of piperazine rings is 1. The molecule has 3 atom stereocenters. The van der Waals surface area contributed by atoms with Gasteiger partial charge in [0.25, 0.3) is 0 Å². The predicted molar refractivity (Wildman–Crippen MR) is 136 cm³/mol. The highest BCUT2D eigenvalue weighted by Crippen LogP contribution is 2.26. The first-order valence-electron chi connectivity index (χ1n) is 11.9. The summed E-state index contributed by atoms with van der Waals surface area (Å²) in [5.41, 5.74) is 6.19. The summed E-state index contributed by atoms with van der Waals surface area (Å²) >= 11 is 1.68. The minimum Gasteiger partial charge on any atom is -0.491 e. The SMILES string of the molecule is Cc1nc2cc(OCC(O)CN3CCN(C[C@H]4C=C(c5ccccc5)NO4)C[C@@H]3C)ccc2s1. The molecule has 2 aliphatic rings. The van der Waals surface area contributed by atoms with Gasteiger partial charge < -0.3 is 9.84 Å².